The molecule has 0 aliphatic rings. The minimum atomic E-state index is -1.64. The number of rotatable bonds is 8. The molecule has 0 saturated heterocycles. The minimum absolute atomic E-state index is 0.218. The first kappa shape index (κ1) is 22.2. The van der Waals surface area contributed by atoms with Gasteiger partial charge in [-0.25, -0.2) is 4.79 Å². The molecule has 0 saturated carbocycles. The normalized spacial score (nSPS) is 12.0. The second-order valence-corrected chi connectivity index (χ2v) is 7.61. The molecule has 0 bridgehead atoms. The van der Waals surface area contributed by atoms with Crippen LogP contribution in [0.2, 0.25) is 0 Å². The first-order valence-electron chi connectivity index (χ1n) is 10.7. The summed E-state index contributed by atoms with van der Waals surface area (Å²) in [6, 6.07) is 25.3. The Hall–Kier alpha value is -4.03. The van der Waals surface area contributed by atoms with Gasteiger partial charge in [0.1, 0.15) is 5.60 Å². The average Bonchev–Trinajstić information content (AvgIpc) is 2.89. The number of hydrogen-bond donors (Lipinski definition) is 2. The molecule has 166 valence electrons. The van der Waals surface area contributed by atoms with Crippen LogP contribution in [0.4, 0.5) is 4.79 Å². The van der Waals surface area contributed by atoms with E-state index >= 15 is 0 Å². The van der Waals surface area contributed by atoms with Crippen LogP contribution in [0.5, 0.6) is 0 Å². The molecule has 33 heavy (non-hydrogen) atoms. The third-order valence-corrected chi connectivity index (χ3v) is 5.48. The molecule has 0 unspecified atom stereocenters. The number of pyridine rings is 2. The Morgan fingerprint density at radius 3 is 1.97 bits per heavy atom. The van der Waals surface area contributed by atoms with Crippen LogP contribution < -0.4 is 5.32 Å². The quantitative estimate of drug-likeness (QED) is 0.425. The van der Waals surface area contributed by atoms with Crippen LogP contribution in [0.25, 0.3) is 0 Å². The number of alkyl carbamates (subject to hydrolysis) is 1. The van der Waals surface area contributed by atoms with Crippen LogP contribution in [0.1, 0.15) is 28.3 Å². The van der Waals surface area contributed by atoms with E-state index < -0.39 is 17.7 Å². The SMILES string of the molecule is O=C(N[C@H](c1ccccc1)C(O)(c1cccnc1)c1cccnc1)OCCc1ccccc1. The van der Waals surface area contributed by atoms with Gasteiger partial charge in [-0.15, -0.1) is 0 Å². The standard InChI is InChI=1S/C27H25N3O3/c31-26(33-18-15-21-9-3-1-4-10-21)30-25(22-11-5-2-6-12-22)27(32,23-13-7-16-28-19-23)24-14-8-17-29-20-24/h1-14,16-17,19-20,25,32H,15,18H2,(H,30,31)/t25-/m1/s1. The summed E-state index contributed by atoms with van der Waals surface area (Å²) in [6.45, 7) is 0.218. The molecule has 0 aliphatic heterocycles. The van der Waals surface area contributed by atoms with Crippen molar-refractivity contribution in [1.82, 2.24) is 15.3 Å². The smallest absolute Gasteiger partial charge is 0.407 e. The van der Waals surface area contributed by atoms with E-state index in [1.165, 1.54) is 0 Å². The number of nitrogens with one attached hydrogen (secondary N) is 1. The van der Waals surface area contributed by atoms with Gasteiger partial charge in [-0.3, -0.25) is 9.97 Å². The summed E-state index contributed by atoms with van der Waals surface area (Å²) in [5, 5.41) is 15.1. The van der Waals surface area contributed by atoms with E-state index in [-0.39, 0.29) is 6.61 Å². The number of amides is 1. The Labute approximate surface area is 192 Å². The summed E-state index contributed by atoms with van der Waals surface area (Å²) < 4.78 is 5.47. The Kier molecular flexibility index (Phi) is 7.07. The molecule has 4 rings (SSSR count). The van der Waals surface area contributed by atoms with Crippen LogP contribution in [0, 0.1) is 0 Å². The second kappa shape index (κ2) is 10.5. The van der Waals surface area contributed by atoms with Gasteiger partial charge in [0.2, 0.25) is 0 Å². The van der Waals surface area contributed by atoms with Gasteiger partial charge in [0.05, 0.1) is 12.6 Å². The molecular weight excluding hydrogens is 414 g/mol. The van der Waals surface area contributed by atoms with Crippen molar-refractivity contribution in [3.05, 3.63) is 132 Å². The molecule has 6 heteroatoms. The fraction of sp³-hybridized carbons (Fsp3) is 0.148. The van der Waals surface area contributed by atoms with Crippen molar-refractivity contribution in [2.75, 3.05) is 6.61 Å². The Bertz CT molecular complexity index is 1100. The van der Waals surface area contributed by atoms with Gasteiger partial charge in [0.15, 0.2) is 0 Å². The number of hydrogen-bond acceptors (Lipinski definition) is 5. The maximum Gasteiger partial charge on any atom is 0.407 e. The van der Waals surface area contributed by atoms with Crippen molar-refractivity contribution < 1.29 is 14.6 Å². The molecule has 2 N–H and O–H groups in total. The Morgan fingerprint density at radius 2 is 1.42 bits per heavy atom. The molecule has 2 aromatic heterocycles. The lowest BCUT2D eigenvalue weighted by molar-refractivity contribution is 0.0326. The van der Waals surface area contributed by atoms with Gasteiger partial charge in [0.25, 0.3) is 0 Å². The molecule has 2 heterocycles. The van der Waals surface area contributed by atoms with Gasteiger partial charge in [-0.1, -0.05) is 72.8 Å². The monoisotopic (exact) mass is 439 g/mol. The van der Waals surface area contributed by atoms with E-state index in [1.54, 1.807) is 49.1 Å². The van der Waals surface area contributed by atoms with E-state index in [4.69, 9.17) is 4.74 Å². The van der Waals surface area contributed by atoms with E-state index in [9.17, 15) is 9.90 Å². The van der Waals surface area contributed by atoms with Gasteiger partial charge in [-0.2, -0.15) is 0 Å². The maximum absolute atomic E-state index is 12.9. The fourth-order valence-corrected chi connectivity index (χ4v) is 3.82. The van der Waals surface area contributed by atoms with Gasteiger partial charge in [-0.05, 0) is 23.3 Å². The van der Waals surface area contributed by atoms with E-state index in [0.717, 1.165) is 5.56 Å². The molecule has 2 aromatic carbocycles. The van der Waals surface area contributed by atoms with Crippen LogP contribution in [0.15, 0.2) is 110 Å². The number of carbonyl (C=O) groups excluding carboxylic acids is 1. The van der Waals surface area contributed by atoms with Gasteiger partial charge in [0, 0.05) is 42.3 Å². The van der Waals surface area contributed by atoms with Crippen molar-refractivity contribution in [3.63, 3.8) is 0 Å². The van der Waals surface area contributed by atoms with Crippen LogP contribution in [-0.4, -0.2) is 27.8 Å². The average molecular weight is 440 g/mol. The molecular formula is C27H25N3O3. The second-order valence-electron chi connectivity index (χ2n) is 7.61. The summed E-state index contributed by atoms with van der Waals surface area (Å²) >= 11 is 0. The zero-order chi connectivity index (χ0) is 22.9. The summed E-state index contributed by atoms with van der Waals surface area (Å²) in [4.78, 5) is 21.2. The van der Waals surface area contributed by atoms with E-state index in [2.05, 4.69) is 15.3 Å². The highest BCUT2D eigenvalue weighted by Gasteiger charge is 2.43. The van der Waals surface area contributed by atoms with Crippen molar-refractivity contribution in [3.8, 4) is 0 Å². The van der Waals surface area contributed by atoms with Crippen LogP contribution in [0.3, 0.4) is 0 Å². The fourth-order valence-electron chi connectivity index (χ4n) is 3.82. The lowest BCUT2D eigenvalue weighted by Gasteiger charge is -2.37. The number of benzene rings is 2. The molecule has 0 radical (unpaired) electrons. The minimum Gasteiger partial charge on any atom is -0.449 e. The highest BCUT2D eigenvalue weighted by Crippen LogP contribution is 2.40. The van der Waals surface area contributed by atoms with Crippen molar-refractivity contribution in [1.29, 1.82) is 0 Å². The van der Waals surface area contributed by atoms with Gasteiger partial charge < -0.3 is 15.2 Å². The highest BCUT2D eigenvalue weighted by molar-refractivity contribution is 5.68. The number of aliphatic hydroxyl groups is 1. The van der Waals surface area contributed by atoms with E-state index in [1.807, 2.05) is 60.7 Å². The molecule has 0 spiro atoms. The van der Waals surface area contributed by atoms with Crippen molar-refractivity contribution in [2.24, 2.45) is 0 Å². The van der Waals surface area contributed by atoms with Crippen LogP contribution in [-0.2, 0) is 16.8 Å². The summed E-state index contributed by atoms with van der Waals surface area (Å²) in [5.74, 6) is 0. The summed E-state index contributed by atoms with van der Waals surface area (Å²) in [6.07, 6.45) is 6.42. The Balaban J connectivity index is 1.64. The predicted octanol–water partition coefficient (Wildman–Crippen LogP) is 4.42. The lowest BCUT2D eigenvalue weighted by atomic mass is 9.78. The third kappa shape index (κ3) is 5.25. The largest absolute Gasteiger partial charge is 0.449 e. The molecule has 6 nitrogen and oxygen atoms in total. The number of ether oxygens (including phenoxy) is 1. The van der Waals surface area contributed by atoms with Crippen LogP contribution >= 0.6 is 0 Å². The highest BCUT2D eigenvalue weighted by atomic mass is 16.5. The first-order valence-corrected chi connectivity index (χ1v) is 10.7. The molecule has 1 amide bonds. The lowest BCUT2D eigenvalue weighted by Crippen LogP contribution is -2.45. The Morgan fingerprint density at radius 1 is 0.848 bits per heavy atom. The van der Waals surface area contributed by atoms with Gasteiger partial charge >= 0.3 is 6.09 Å². The maximum atomic E-state index is 12.9. The molecule has 0 fully saturated rings. The third-order valence-electron chi connectivity index (χ3n) is 5.48. The number of nitrogens with zero attached hydrogens (tertiary/aromatic N) is 2. The zero-order valence-electron chi connectivity index (χ0n) is 18.0. The topological polar surface area (TPSA) is 84.3 Å². The van der Waals surface area contributed by atoms with E-state index in [0.29, 0.717) is 23.1 Å². The summed E-state index contributed by atoms with van der Waals surface area (Å²) in [7, 11) is 0. The molecule has 4 aromatic rings. The van der Waals surface area contributed by atoms with Crippen molar-refractivity contribution >= 4 is 6.09 Å². The predicted molar refractivity (Wildman–Crippen MR) is 125 cm³/mol. The zero-order valence-corrected chi connectivity index (χ0v) is 18.0. The number of carbonyl (C=O) groups is 1. The first-order chi connectivity index (χ1) is 16.2. The van der Waals surface area contributed by atoms with Crippen molar-refractivity contribution in [2.45, 2.75) is 18.1 Å². The molecule has 1 atom stereocenters. The molecule has 0 aliphatic carbocycles. The summed E-state index contributed by atoms with van der Waals surface area (Å²) in [5.41, 5.74) is 1.20. The number of aromatic nitrogens is 2.